The second-order valence-corrected chi connectivity index (χ2v) is 2.46. The van der Waals surface area contributed by atoms with Crippen LogP contribution in [-0.2, 0) is 9.59 Å². The molecule has 0 aromatic rings. The van der Waals surface area contributed by atoms with Crippen LogP contribution in [0.1, 0.15) is 13.3 Å². The van der Waals surface area contributed by atoms with E-state index in [9.17, 15) is 4.79 Å². The minimum Gasteiger partial charge on any atom is -0.480 e. The first-order valence-corrected chi connectivity index (χ1v) is 3.74. The van der Waals surface area contributed by atoms with Crippen molar-refractivity contribution in [3.8, 4) is 0 Å². The molecule has 70 valence electrons. The molecule has 1 aliphatic heterocycles. The first kappa shape index (κ1) is 11.1. The zero-order valence-corrected chi connectivity index (χ0v) is 6.99. The third-order valence-electron chi connectivity index (χ3n) is 1.54. The number of hydrogen-bond donors (Lipinski definition) is 3. The number of carboxylic acids is 1. The van der Waals surface area contributed by atoms with Crippen LogP contribution in [0.5, 0.6) is 0 Å². The molecule has 1 saturated heterocycles. The highest BCUT2D eigenvalue weighted by Gasteiger charge is 2.31. The molecule has 0 aliphatic carbocycles. The van der Waals surface area contributed by atoms with Crippen LogP contribution < -0.4 is 11.1 Å². The van der Waals surface area contributed by atoms with E-state index in [4.69, 9.17) is 15.6 Å². The highest BCUT2D eigenvalue weighted by atomic mass is 16.4. The largest absolute Gasteiger partial charge is 0.480 e. The van der Waals surface area contributed by atoms with Gasteiger partial charge >= 0.3 is 5.97 Å². The molecule has 5 heteroatoms. The predicted octanol–water partition coefficient (Wildman–Crippen LogP) is -1.03. The van der Waals surface area contributed by atoms with Gasteiger partial charge in [0.15, 0.2) is 0 Å². The molecule has 4 N–H and O–H groups in total. The lowest BCUT2D eigenvalue weighted by Crippen LogP contribution is -2.59. The summed E-state index contributed by atoms with van der Waals surface area (Å²) in [6.45, 7) is 1.98. The fraction of sp³-hybridized carbons (Fsp3) is 0.714. The Kier molecular flexibility index (Phi) is 5.23. The van der Waals surface area contributed by atoms with E-state index in [1.165, 1.54) is 6.92 Å². The molecule has 5 nitrogen and oxygen atoms in total. The third-order valence-corrected chi connectivity index (χ3v) is 1.54. The summed E-state index contributed by atoms with van der Waals surface area (Å²) in [5.74, 6) is -0.778. The number of carboxylic acid groups (broad SMARTS) is 1. The average Bonchev–Trinajstić information content (AvgIpc) is 1.85. The van der Waals surface area contributed by atoms with Gasteiger partial charge in [0.2, 0.25) is 0 Å². The second kappa shape index (κ2) is 5.68. The molecule has 1 fully saturated rings. The highest BCUT2D eigenvalue weighted by molar-refractivity contribution is 5.74. The summed E-state index contributed by atoms with van der Waals surface area (Å²) in [6.07, 6.45) is 1.42. The lowest BCUT2D eigenvalue weighted by atomic mass is 9.98. The summed E-state index contributed by atoms with van der Waals surface area (Å²) in [4.78, 5) is 18.9. The van der Waals surface area contributed by atoms with Crippen LogP contribution in [0, 0.1) is 0 Å². The minimum atomic E-state index is -0.778. The molecule has 0 saturated carbocycles. The monoisotopic (exact) mass is 174 g/mol. The smallest absolute Gasteiger partial charge is 0.320 e. The van der Waals surface area contributed by atoms with Gasteiger partial charge in [-0.1, -0.05) is 0 Å². The zero-order chi connectivity index (χ0) is 9.56. The van der Waals surface area contributed by atoms with Crippen molar-refractivity contribution < 1.29 is 14.7 Å². The van der Waals surface area contributed by atoms with Crippen LogP contribution in [0.4, 0.5) is 0 Å². The maximum Gasteiger partial charge on any atom is 0.320 e. The van der Waals surface area contributed by atoms with Gasteiger partial charge in [-0.05, 0) is 13.3 Å². The van der Waals surface area contributed by atoms with Gasteiger partial charge in [-0.25, -0.2) is 0 Å². The van der Waals surface area contributed by atoms with Crippen molar-refractivity contribution in [1.82, 2.24) is 5.32 Å². The summed E-state index contributed by atoms with van der Waals surface area (Å²) >= 11 is 0. The number of carbonyl (C=O) groups is 2. The van der Waals surface area contributed by atoms with Crippen LogP contribution in [0.3, 0.4) is 0 Å². The normalized spacial score (nSPS) is 26.2. The summed E-state index contributed by atoms with van der Waals surface area (Å²) in [6, 6.07) is -0.121. The molecule has 12 heavy (non-hydrogen) atoms. The molecule has 1 rings (SSSR count). The van der Waals surface area contributed by atoms with Gasteiger partial charge in [0, 0.05) is 12.6 Å². The average molecular weight is 174 g/mol. The Hall–Kier alpha value is -0.940. The summed E-state index contributed by atoms with van der Waals surface area (Å²) in [5.41, 5.74) is 5.24. The van der Waals surface area contributed by atoms with E-state index < -0.39 is 5.97 Å². The maximum atomic E-state index is 10.1. The fourth-order valence-electron chi connectivity index (χ4n) is 0.881. The molecular formula is C7H14N2O3. The lowest BCUT2D eigenvalue weighted by molar-refractivity contribution is -0.142. The Morgan fingerprint density at radius 3 is 2.50 bits per heavy atom. The SMILES string of the molecule is CC=O.NCC1C[C@H](C(=O)O)N1. The van der Waals surface area contributed by atoms with Crippen molar-refractivity contribution in [2.45, 2.75) is 25.4 Å². The molecule has 0 spiro atoms. The fourth-order valence-corrected chi connectivity index (χ4v) is 0.881. The summed E-state index contributed by atoms with van der Waals surface area (Å²) < 4.78 is 0. The van der Waals surface area contributed by atoms with E-state index in [1.807, 2.05) is 0 Å². The molecule has 0 aromatic heterocycles. The predicted molar refractivity (Wildman–Crippen MR) is 43.8 cm³/mol. The van der Waals surface area contributed by atoms with Crippen LogP contribution in [0.15, 0.2) is 0 Å². The van der Waals surface area contributed by atoms with Crippen molar-refractivity contribution in [2.24, 2.45) is 5.73 Å². The number of rotatable bonds is 2. The molecule has 0 radical (unpaired) electrons. The second-order valence-electron chi connectivity index (χ2n) is 2.46. The Labute approximate surface area is 70.9 Å². The molecule has 1 heterocycles. The molecule has 0 bridgehead atoms. The first-order chi connectivity index (χ1) is 5.65. The Morgan fingerprint density at radius 2 is 2.25 bits per heavy atom. The van der Waals surface area contributed by atoms with E-state index in [1.54, 1.807) is 0 Å². The Morgan fingerprint density at radius 1 is 1.83 bits per heavy atom. The van der Waals surface area contributed by atoms with Gasteiger partial charge in [-0.3, -0.25) is 4.79 Å². The van der Waals surface area contributed by atoms with E-state index in [2.05, 4.69) is 5.32 Å². The topological polar surface area (TPSA) is 92.4 Å². The van der Waals surface area contributed by atoms with Crippen LogP contribution in [0.2, 0.25) is 0 Å². The van der Waals surface area contributed by atoms with Gasteiger partial charge in [0.05, 0.1) is 0 Å². The Bertz CT molecular complexity index is 155. The number of hydrogen-bond acceptors (Lipinski definition) is 4. The van der Waals surface area contributed by atoms with E-state index in [0.717, 1.165) is 6.29 Å². The zero-order valence-electron chi connectivity index (χ0n) is 6.99. The van der Waals surface area contributed by atoms with E-state index in [0.29, 0.717) is 13.0 Å². The van der Waals surface area contributed by atoms with Gasteiger partial charge in [0.25, 0.3) is 0 Å². The van der Waals surface area contributed by atoms with Gasteiger partial charge in [0.1, 0.15) is 12.3 Å². The van der Waals surface area contributed by atoms with Crippen LogP contribution in [-0.4, -0.2) is 36.0 Å². The van der Waals surface area contributed by atoms with Crippen molar-refractivity contribution in [2.75, 3.05) is 6.54 Å². The van der Waals surface area contributed by atoms with Gasteiger partial charge in [-0.2, -0.15) is 0 Å². The molecule has 0 amide bonds. The first-order valence-electron chi connectivity index (χ1n) is 3.74. The third kappa shape index (κ3) is 3.45. The Balaban J connectivity index is 0.000000354. The number of aldehydes is 1. The highest BCUT2D eigenvalue weighted by Crippen LogP contribution is 2.09. The lowest BCUT2D eigenvalue weighted by Gasteiger charge is -2.33. The van der Waals surface area contributed by atoms with Crippen molar-refractivity contribution in [3.63, 3.8) is 0 Å². The van der Waals surface area contributed by atoms with Gasteiger partial charge < -0.3 is 21.0 Å². The number of carbonyl (C=O) groups excluding carboxylic acids is 1. The molecule has 1 aliphatic rings. The standard InChI is InChI=1S/C5H10N2O2.C2H4O/c6-2-3-1-4(7-3)5(8)9;1-2-3/h3-4,7H,1-2,6H2,(H,8,9);2H,1H3/t3?,4-;/m1./s1. The number of nitrogens with one attached hydrogen (secondary N) is 1. The number of aliphatic carboxylic acids is 1. The molecule has 1 unspecified atom stereocenters. The maximum absolute atomic E-state index is 10.1. The van der Waals surface area contributed by atoms with Gasteiger partial charge in [-0.15, -0.1) is 0 Å². The van der Waals surface area contributed by atoms with Crippen molar-refractivity contribution >= 4 is 12.3 Å². The summed E-state index contributed by atoms with van der Waals surface area (Å²) in [5, 5.41) is 11.1. The quantitative estimate of drug-likeness (QED) is 0.465. The van der Waals surface area contributed by atoms with Crippen molar-refractivity contribution in [1.29, 1.82) is 0 Å². The molecule has 2 atom stereocenters. The van der Waals surface area contributed by atoms with Crippen LogP contribution >= 0.6 is 0 Å². The number of nitrogens with two attached hydrogens (primary N) is 1. The summed E-state index contributed by atoms with van der Waals surface area (Å²) in [7, 11) is 0. The van der Waals surface area contributed by atoms with E-state index in [-0.39, 0.29) is 12.1 Å². The minimum absolute atomic E-state index is 0.228. The molecular weight excluding hydrogens is 160 g/mol. The van der Waals surface area contributed by atoms with Crippen LogP contribution in [0.25, 0.3) is 0 Å². The van der Waals surface area contributed by atoms with Crippen molar-refractivity contribution in [3.05, 3.63) is 0 Å². The molecule has 0 aromatic carbocycles. The van der Waals surface area contributed by atoms with E-state index >= 15 is 0 Å².